The largest absolute Gasteiger partial charge is 0.497 e. The molecular weight excluding hydrogens is 154 g/mol. The molecule has 0 aromatic heterocycles. The van der Waals surface area contributed by atoms with E-state index in [0.717, 1.165) is 0 Å². The molecule has 1 N–H and O–H groups in total. The SMILES string of the molecule is COc1ccc(CO)c(C#N)c1. The number of rotatable bonds is 2. The molecule has 12 heavy (non-hydrogen) atoms. The Balaban J connectivity index is 3.13. The molecule has 62 valence electrons. The summed E-state index contributed by atoms with van der Waals surface area (Å²) in [6.07, 6.45) is 0. The number of hydrogen-bond donors (Lipinski definition) is 1. The highest BCUT2D eigenvalue weighted by atomic mass is 16.5. The van der Waals surface area contributed by atoms with E-state index in [1.807, 2.05) is 6.07 Å². The summed E-state index contributed by atoms with van der Waals surface area (Å²) >= 11 is 0. The average Bonchev–Trinajstić information content (AvgIpc) is 2.16. The third-order valence-corrected chi connectivity index (χ3v) is 1.61. The highest BCUT2D eigenvalue weighted by Crippen LogP contribution is 2.16. The van der Waals surface area contributed by atoms with Crippen molar-refractivity contribution in [2.24, 2.45) is 0 Å². The van der Waals surface area contributed by atoms with Gasteiger partial charge in [-0.05, 0) is 17.7 Å². The van der Waals surface area contributed by atoms with Crippen LogP contribution in [0.1, 0.15) is 11.1 Å². The minimum absolute atomic E-state index is 0.118. The van der Waals surface area contributed by atoms with Crippen molar-refractivity contribution in [3.8, 4) is 11.8 Å². The van der Waals surface area contributed by atoms with Crippen LogP contribution in [0.2, 0.25) is 0 Å². The van der Waals surface area contributed by atoms with Gasteiger partial charge in [0, 0.05) is 0 Å². The first-order chi connectivity index (χ1) is 5.81. The summed E-state index contributed by atoms with van der Waals surface area (Å²) in [5.41, 5.74) is 1.08. The van der Waals surface area contributed by atoms with Crippen LogP contribution >= 0.6 is 0 Å². The predicted molar refractivity (Wildman–Crippen MR) is 43.6 cm³/mol. The fourth-order valence-electron chi connectivity index (χ4n) is 0.924. The number of nitriles is 1. The van der Waals surface area contributed by atoms with Crippen LogP contribution in [0.25, 0.3) is 0 Å². The summed E-state index contributed by atoms with van der Waals surface area (Å²) in [6.45, 7) is -0.118. The van der Waals surface area contributed by atoms with E-state index in [-0.39, 0.29) is 6.61 Å². The van der Waals surface area contributed by atoms with Crippen LogP contribution in [0.4, 0.5) is 0 Å². The van der Waals surface area contributed by atoms with E-state index in [2.05, 4.69) is 0 Å². The Labute approximate surface area is 70.8 Å². The van der Waals surface area contributed by atoms with Gasteiger partial charge in [-0.2, -0.15) is 5.26 Å². The number of aliphatic hydroxyl groups excluding tert-OH is 1. The molecule has 0 atom stereocenters. The standard InChI is InChI=1S/C9H9NO2/c1-12-9-3-2-7(6-11)8(4-9)5-10/h2-4,11H,6H2,1H3. The number of nitrogens with zero attached hydrogens (tertiary/aromatic N) is 1. The highest BCUT2D eigenvalue weighted by molar-refractivity contribution is 5.42. The summed E-state index contributed by atoms with van der Waals surface area (Å²) < 4.78 is 4.92. The van der Waals surface area contributed by atoms with Gasteiger partial charge in [-0.15, -0.1) is 0 Å². The lowest BCUT2D eigenvalue weighted by atomic mass is 10.1. The molecule has 0 bridgehead atoms. The van der Waals surface area contributed by atoms with Crippen molar-refractivity contribution in [2.75, 3.05) is 7.11 Å². The number of hydrogen-bond acceptors (Lipinski definition) is 3. The molecular formula is C9H9NO2. The molecule has 0 fully saturated rings. The van der Waals surface area contributed by atoms with E-state index in [9.17, 15) is 0 Å². The zero-order valence-electron chi connectivity index (χ0n) is 6.74. The van der Waals surface area contributed by atoms with Gasteiger partial charge in [0.05, 0.1) is 25.3 Å². The zero-order chi connectivity index (χ0) is 8.97. The summed E-state index contributed by atoms with van der Waals surface area (Å²) in [5, 5.41) is 17.5. The normalized spacial score (nSPS) is 9.08. The maximum Gasteiger partial charge on any atom is 0.120 e. The second-order valence-electron chi connectivity index (χ2n) is 2.29. The average molecular weight is 163 g/mol. The summed E-state index contributed by atoms with van der Waals surface area (Å²) in [5.74, 6) is 0.628. The fourth-order valence-corrected chi connectivity index (χ4v) is 0.924. The first kappa shape index (κ1) is 8.57. The highest BCUT2D eigenvalue weighted by Gasteiger charge is 2.01. The van der Waals surface area contributed by atoms with E-state index in [1.54, 1.807) is 18.2 Å². The van der Waals surface area contributed by atoms with Crippen molar-refractivity contribution >= 4 is 0 Å². The first-order valence-corrected chi connectivity index (χ1v) is 3.49. The van der Waals surface area contributed by atoms with Crippen molar-refractivity contribution < 1.29 is 9.84 Å². The van der Waals surface area contributed by atoms with Crippen LogP contribution in [0.3, 0.4) is 0 Å². The Morgan fingerprint density at radius 1 is 1.58 bits per heavy atom. The van der Waals surface area contributed by atoms with Gasteiger partial charge in [0.15, 0.2) is 0 Å². The molecule has 3 heteroatoms. The molecule has 0 unspecified atom stereocenters. The van der Waals surface area contributed by atoms with Gasteiger partial charge in [-0.25, -0.2) is 0 Å². The van der Waals surface area contributed by atoms with Crippen LogP contribution in [0, 0.1) is 11.3 Å². The molecule has 0 radical (unpaired) electrons. The Bertz CT molecular complexity index is 315. The Hall–Kier alpha value is -1.53. The van der Waals surface area contributed by atoms with Crippen molar-refractivity contribution in [3.63, 3.8) is 0 Å². The molecule has 0 amide bonds. The number of benzene rings is 1. The number of ether oxygens (including phenoxy) is 1. The third-order valence-electron chi connectivity index (χ3n) is 1.61. The molecule has 0 heterocycles. The second kappa shape index (κ2) is 3.74. The maximum atomic E-state index is 8.82. The smallest absolute Gasteiger partial charge is 0.120 e. The van der Waals surface area contributed by atoms with Crippen LogP contribution < -0.4 is 4.74 Å². The van der Waals surface area contributed by atoms with Crippen molar-refractivity contribution in [3.05, 3.63) is 29.3 Å². The third kappa shape index (κ3) is 1.55. The van der Waals surface area contributed by atoms with Crippen LogP contribution in [-0.2, 0) is 6.61 Å². The van der Waals surface area contributed by atoms with Gasteiger partial charge >= 0.3 is 0 Å². The zero-order valence-corrected chi connectivity index (χ0v) is 6.74. The summed E-state index contributed by atoms with van der Waals surface area (Å²) in [7, 11) is 1.54. The van der Waals surface area contributed by atoms with E-state index >= 15 is 0 Å². The van der Waals surface area contributed by atoms with Gasteiger partial charge in [0.1, 0.15) is 5.75 Å². The van der Waals surface area contributed by atoms with Crippen LogP contribution in [0.5, 0.6) is 5.75 Å². The summed E-state index contributed by atoms with van der Waals surface area (Å²) in [4.78, 5) is 0. The molecule has 3 nitrogen and oxygen atoms in total. The number of aliphatic hydroxyl groups is 1. The Kier molecular flexibility index (Phi) is 2.67. The molecule has 1 aromatic rings. The molecule has 0 spiro atoms. The first-order valence-electron chi connectivity index (χ1n) is 3.49. The predicted octanol–water partition coefficient (Wildman–Crippen LogP) is 1.06. The van der Waals surface area contributed by atoms with Crippen molar-refractivity contribution in [1.82, 2.24) is 0 Å². The Morgan fingerprint density at radius 3 is 2.83 bits per heavy atom. The molecule has 1 rings (SSSR count). The lowest BCUT2D eigenvalue weighted by Gasteiger charge is -2.02. The second-order valence-corrected chi connectivity index (χ2v) is 2.29. The van der Waals surface area contributed by atoms with Crippen LogP contribution in [-0.4, -0.2) is 12.2 Å². The van der Waals surface area contributed by atoms with Gasteiger partial charge in [-0.3, -0.25) is 0 Å². The minimum Gasteiger partial charge on any atom is -0.497 e. The summed E-state index contributed by atoms with van der Waals surface area (Å²) in [6, 6.07) is 6.98. The van der Waals surface area contributed by atoms with Crippen molar-refractivity contribution in [2.45, 2.75) is 6.61 Å². The monoisotopic (exact) mass is 163 g/mol. The van der Waals surface area contributed by atoms with Gasteiger partial charge in [0.2, 0.25) is 0 Å². The molecule has 0 saturated carbocycles. The minimum atomic E-state index is -0.118. The fraction of sp³-hybridized carbons (Fsp3) is 0.222. The molecule has 0 saturated heterocycles. The van der Waals surface area contributed by atoms with E-state index in [4.69, 9.17) is 15.1 Å². The van der Waals surface area contributed by atoms with Crippen molar-refractivity contribution in [1.29, 1.82) is 5.26 Å². The van der Waals surface area contributed by atoms with E-state index in [0.29, 0.717) is 16.9 Å². The Morgan fingerprint density at radius 2 is 2.33 bits per heavy atom. The maximum absolute atomic E-state index is 8.82. The number of methoxy groups -OCH3 is 1. The van der Waals surface area contributed by atoms with Crippen LogP contribution in [0.15, 0.2) is 18.2 Å². The topological polar surface area (TPSA) is 53.2 Å². The van der Waals surface area contributed by atoms with Gasteiger partial charge in [-0.1, -0.05) is 6.07 Å². The van der Waals surface area contributed by atoms with E-state index in [1.165, 1.54) is 7.11 Å². The quantitative estimate of drug-likeness (QED) is 0.709. The molecule has 1 aromatic carbocycles. The van der Waals surface area contributed by atoms with Gasteiger partial charge in [0.25, 0.3) is 0 Å². The van der Waals surface area contributed by atoms with E-state index < -0.39 is 0 Å². The lowest BCUT2D eigenvalue weighted by molar-refractivity contribution is 0.281. The lowest BCUT2D eigenvalue weighted by Crippen LogP contribution is -1.91. The molecule has 0 aliphatic rings. The molecule has 0 aliphatic heterocycles. The molecule has 0 aliphatic carbocycles. The van der Waals surface area contributed by atoms with Gasteiger partial charge < -0.3 is 9.84 Å².